The van der Waals surface area contributed by atoms with E-state index in [9.17, 15) is 14.4 Å². The van der Waals surface area contributed by atoms with Crippen LogP contribution in [0.5, 0.6) is 11.5 Å². The number of para-hydroxylation sites is 1. The summed E-state index contributed by atoms with van der Waals surface area (Å²) < 4.78 is 15.1. The van der Waals surface area contributed by atoms with Crippen LogP contribution in [0.1, 0.15) is 52.3 Å². The lowest BCUT2D eigenvalue weighted by atomic mass is 10.1. The molecule has 40 heavy (non-hydrogen) atoms. The zero-order chi connectivity index (χ0) is 28.2. The number of carbonyl (C=O) groups excluding carboxylic acids is 3. The first-order valence-electron chi connectivity index (χ1n) is 13.1. The highest BCUT2D eigenvalue weighted by molar-refractivity contribution is 6.04. The summed E-state index contributed by atoms with van der Waals surface area (Å²) in [6.45, 7) is 4.94. The average Bonchev–Trinajstić information content (AvgIpc) is 3.52. The highest BCUT2D eigenvalue weighted by Crippen LogP contribution is 2.38. The van der Waals surface area contributed by atoms with Gasteiger partial charge in [0.2, 0.25) is 11.9 Å². The fourth-order valence-corrected chi connectivity index (χ4v) is 4.78. The molecule has 0 bridgehead atoms. The maximum Gasteiger partial charge on any atom is 0.276 e. The van der Waals surface area contributed by atoms with Crippen molar-refractivity contribution < 1.29 is 23.9 Å². The van der Waals surface area contributed by atoms with Gasteiger partial charge in [0.05, 0.1) is 17.3 Å². The molecule has 208 valence electrons. The van der Waals surface area contributed by atoms with Crippen molar-refractivity contribution in [2.75, 3.05) is 25.1 Å². The standard InChI is InChI=1S/C28H31N7O5/c1-3-34-22(12-17(2)33-34)27(38)32-28-31-21-13-18(26(29)37)14-23-25(21)35(28)19(15-40-23)8-7-11-30-24(36)16-39-20-9-5-4-6-10-20/h4-6,9-10,12-14,19H,3,7-8,11,15-16H2,1-2H3,(H2,29,37)(H,30,36)(H,31,32,38)/t19-/m0/s1. The molecular formula is C28H31N7O5. The third kappa shape index (κ3) is 5.60. The van der Waals surface area contributed by atoms with E-state index in [1.54, 1.807) is 35.0 Å². The number of nitrogens with two attached hydrogens (primary N) is 1. The van der Waals surface area contributed by atoms with Crippen molar-refractivity contribution in [2.24, 2.45) is 5.73 Å². The molecule has 3 amide bonds. The molecule has 1 aliphatic rings. The van der Waals surface area contributed by atoms with Gasteiger partial charge in [-0.25, -0.2) is 4.98 Å². The maximum absolute atomic E-state index is 13.2. The third-order valence-corrected chi connectivity index (χ3v) is 6.64. The number of nitrogens with zero attached hydrogens (tertiary/aromatic N) is 4. The van der Waals surface area contributed by atoms with Crippen LogP contribution in [0.4, 0.5) is 5.95 Å². The van der Waals surface area contributed by atoms with E-state index in [4.69, 9.17) is 15.2 Å². The minimum absolute atomic E-state index is 0.0712. The predicted octanol–water partition coefficient (Wildman–Crippen LogP) is 2.82. The average molecular weight is 546 g/mol. The highest BCUT2D eigenvalue weighted by Gasteiger charge is 2.29. The topological polar surface area (TPSA) is 155 Å². The summed E-state index contributed by atoms with van der Waals surface area (Å²) >= 11 is 0. The van der Waals surface area contributed by atoms with E-state index in [1.165, 1.54) is 0 Å². The van der Waals surface area contributed by atoms with Crippen LogP contribution in [0, 0.1) is 6.92 Å². The Hall–Kier alpha value is -4.87. The Morgan fingerprint density at radius 1 is 1.18 bits per heavy atom. The quantitative estimate of drug-likeness (QED) is 0.245. The van der Waals surface area contributed by atoms with Crippen molar-refractivity contribution >= 4 is 34.7 Å². The number of primary amides is 1. The Morgan fingerprint density at radius 2 is 1.98 bits per heavy atom. The number of anilines is 1. The lowest BCUT2D eigenvalue weighted by Gasteiger charge is -2.27. The number of aryl methyl sites for hydroxylation is 2. The van der Waals surface area contributed by atoms with E-state index in [0.717, 1.165) is 5.69 Å². The first-order chi connectivity index (χ1) is 19.3. The molecule has 2 aromatic carbocycles. The van der Waals surface area contributed by atoms with E-state index < -0.39 is 5.91 Å². The molecule has 0 aliphatic carbocycles. The Morgan fingerprint density at radius 3 is 2.73 bits per heavy atom. The molecule has 12 nitrogen and oxygen atoms in total. The number of rotatable bonds is 11. The van der Waals surface area contributed by atoms with Crippen LogP contribution in [0.15, 0.2) is 48.5 Å². The SMILES string of the molecule is CCn1nc(C)cc1C(=O)Nc1nc2cc(C(N)=O)cc3c2n1[C@@H](CCCNC(=O)COc1ccccc1)CO3. The second-order valence-electron chi connectivity index (χ2n) is 9.51. The van der Waals surface area contributed by atoms with Gasteiger partial charge in [0.1, 0.15) is 29.3 Å². The van der Waals surface area contributed by atoms with Crippen LogP contribution >= 0.6 is 0 Å². The number of carbonyl (C=O) groups is 3. The van der Waals surface area contributed by atoms with Crippen molar-refractivity contribution in [1.29, 1.82) is 0 Å². The van der Waals surface area contributed by atoms with Gasteiger partial charge in [-0.05, 0) is 57.0 Å². The molecule has 1 atom stereocenters. The van der Waals surface area contributed by atoms with Crippen molar-refractivity contribution in [2.45, 2.75) is 39.3 Å². The minimum Gasteiger partial charge on any atom is -0.489 e. The zero-order valence-electron chi connectivity index (χ0n) is 22.3. The third-order valence-electron chi connectivity index (χ3n) is 6.64. The number of aromatic nitrogens is 4. The molecule has 0 fully saturated rings. The molecule has 0 saturated heterocycles. The van der Waals surface area contributed by atoms with Gasteiger partial charge < -0.3 is 25.1 Å². The summed E-state index contributed by atoms with van der Waals surface area (Å²) in [6, 6.07) is 13.9. The van der Waals surface area contributed by atoms with Gasteiger partial charge >= 0.3 is 0 Å². The Bertz CT molecular complexity index is 1560. The van der Waals surface area contributed by atoms with Crippen LogP contribution in [0.25, 0.3) is 11.0 Å². The van der Waals surface area contributed by atoms with Gasteiger partial charge in [0.15, 0.2) is 6.61 Å². The van der Waals surface area contributed by atoms with Gasteiger partial charge in [0, 0.05) is 18.7 Å². The molecule has 4 aromatic rings. The number of ether oxygens (including phenoxy) is 2. The number of benzene rings is 2. The largest absolute Gasteiger partial charge is 0.489 e. The summed E-state index contributed by atoms with van der Waals surface area (Å²) in [5.41, 5.74) is 8.09. The number of imidazole rings is 1. The van der Waals surface area contributed by atoms with Crippen molar-refractivity contribution in [1.82, 2.24) is 24.6 Å². The second kappa shape index (κ2) is 11.5. The van der Waals surface area contributed by atoms with E-state index >= 15 is 0 Å². The normalized spacial score (nSPS) is 14.0. The molecular weight excluding hydrogens is 514 g/mol. The lowest BCUT2D eigenvalue weighted by Crippen LogP contribution is -2.31. The summed E-state index contributed by atoms with van der Waals surface area (Å²) in [5, 5.41) is 10.2. The Labute approximate surface area is 230 Å². The molecule has 2 aromatic heterocycles. The first-order valence-corrected chi connectivity index (χ1v) is 13.1. The zero-order valence-corrected chi connectivity index (χ0v) is 22.3. The van der Waals surface area contributed by atoms with Crippen molar-refractivity contribution in [3.8, 4) is 11.5 Å². The van der Waals surface area contributed by atoms with Crippen molar-refractivity contribution in [3.63, 3.8) is 0 Å². The summed E-state index contributed by atoms with van der Waals surface area (Å²) in [5.74, 6) is 0.272. The summed E-state index contributed by atoms with van der Waals surface area (Å²) in [7, 11) is 0. The van der Waals surface area contributed by atoms with Crippen molar-refractivity contribution in [3.05, 3.63) is 65.5 Å². The van der Waals surface area contributed by atoms with Gasteiger partial charge in [0.25, 0.3) is 11.8 Å². The molecule has 5 rings (SSSR count). The molecule has 0 unspecified atom stereocenters. The molecule has 1 aliphatic heterocycles. The van der Waals surface area contributed by atoms with E-state index in [0.29, 0.717) is 66.7 Å². The van der Waals surface area contributed by atoms with Crippen LogP contribution in [0.2, 0.25) is 0 Å². The second-order valence-corrected chi connectivity index (χ2v) is 9.51. The van der Waals surface area contributed by atoms with E-state index in [1.807, 2.05) is 36.6 Å². The fraction of sp³-hybridized carbons (Fsp3) is 0.321. The number of amides is 3. The fourth-order valence-electron chi connectivity index (χ4n) is 4.78. The van der Waals surface area contributed by atoms with Gasteiger partial charge in [-0.15, -0.1) is 0 Å². The van der Waals surface area contributed by atoms with E-state index in [-0.39, 0.29) is 30.0 Å². The van der Waals surface area contributed by atoms with Gasteiger partial charge in [-0.3, -0.25) is 24.4 Å². The Kier molecular flexibility index (Phi) is 7.67. The van der Waals surface area contributed by atoms with Gasteiger partial charge in [-0.1, -0.05) is 18.2 Å². The molecule has 0 radical (unpaired) electrons. The first kappa shape index (κ1) is 26.7. The Balaban J connectivity index is 1.32. The molecule has 12 heteroatoms. The van der Waals surface area contributed by atoms with Gasteiger partial charge in [-0.2, -0.15) is 5.10 Å². The molecule has 3 heterocycles. The monoisotopic (exact) mass is 545 g/mol. The smallest absolute Gasteiger partial charge is 0.276 e. The van der Waals surface area contributed by atoms with E-state index in [2.05, 4.69) is 20.7 Å². The molecule has 0 spiro atoms. The summed E-state index contributed by atoms with van der Waals surface area (Å²) in [4.78, 5) is 42.0. The van der Waals surface area contributed by atoms with Crippen LogP contribution in [-0.4, -0.2) is 56.8 Å². The highest BCUT2D eigenvalue weighted by atomic mass is 16.5. The molecule has 0 saturated carbocycles. The number of nitrogens with one attached hydrogen (secondary N) is 2. The predicted molar refractivity (Wildman–Crippen MR) is 148 cm³/mol. The maximum atomic E-state index is 13.2. The lowest BCUT2D eigenvalue weighted by molar-refractivity contribution is -0.123. The summed E-state index contributed by atoms with van der Waals surface area (Å²) in [6.07, 6.45) is 1.28. The van der Waals surface area contributed by atoms with Crippen LogP contribution in [0.3, 0.4) is 0 Å². The number of hydrogen-bond acceptors (Lipinski definition) is 7. The molecule has 4 N–H and O–H groups in total. The number of hydrogen-bond donors (Lipinski definition) is 3. The van der Waals surface area contributed by atoms with Crippen LogP contribution in [-0.2, 0) is 11.3 Å². The minimum atomic E-state index is -0.599. The van der Waals surface area contributed by atoms with Crippen LogP contribution < -0.4 is 25.8 Å².